The van der Waals surface area contributed by atoms with Crippen molar-refractivity contribution < 1.29 is 15.2 Å². The van der Waals surface area contributed by atoms with Gasteiger partial charge in [0.2, 0.25) is 0 Å². The average molecular weight is 351 g/mol. The Bertz CT molecular complexity index is 530. The third-order valence-corrected chi connectivity index (χ3v) is 3.87. The summed E-state index contributed by atoms with van der Waals surface area (Å²) < 4.78 is 6.58. The number of nitrogens with two attached hydrogens (primary N) is 1. The van der Waals surface area contributed by atoms with E-state index < -0.39 is 6.10 Å². The molecule has 0 heterocycles. The Balaban J connectivity index is 1.72. The third-order valence-electron chi connectivity index (χ3n) is 3.34. The molecule has 0 unspecified atom stereocenters. The van der Waals surface area contributed by atoms with Gasteiger partial charge in [-0.2, -0.15) is 0 Å². The number of rotatable bonds is 7. The zero-order chi connectivity index (χ0) is 15.1. The second-order valence-electron chi connectivity index (χ2n) is 5.09. The van der Waals surface area contributed by atoms with Gasteiger partial charge in [0.25, 0.3) is 0 Å². The molecule has 3 nitrogen and oxygen atoms in total. The SMILES string of the molecule is C[C@@H]([NH2+]C[C@@H](O)COc1ccc(Br)cc1)c1ccccc1. The van der Waals surface area contributed by atoms with Crippen LogP contribution in [0.5, 0.6) is 5.75 Å². The zero-order valence-electron chi connectivity index (χ0n) is 12.1. The molecule has 2 aromatic rings. The van der Waals surface area contributed by atoms with E-state index in [-0.39, 0.29) is 0 Å². The van der Waals surface area contributed by atoms with Gasteiger partial charge < -0.3 is 15.2 Å². The summed E-state index contributed by atoms with van der Waals surface area (Å²) in [5.41, 5.74) is 1.26. The van der Waals surface area contributed by atoms with Gasteiger partial charge in [0.05, 0.1) is 0 Å². The molecule has 0 saturated heterocycles. The van der Waals surface area contributed by atoms with Crippen LogP contribution in [0.25, 0.3) is 0 Å². The fourth-order valence-electron chi connectivity index (χ4n) is 2.05. The van der Waals surface area contributed by atoms with Crippen molar-refractivity contribution >= 4 is 15.9 Å². The maximum Gasteiger partial charge on any atom is 0.137 e. The Hall–Kier alpha value is -1.36. The lowest BCUT2D eigenvalue weighted by Crippen LogP contribution is -2.87. The molecule has 0 aliphatic heterocycles. The maximum absolute atomic E-state index is 10.00. The highest BCUT2D eigenvalue weighted by atomic mass is 79.9. The molecule has 0 radical (unpaired) electrons. The maximum atomic E-state index is 10.00. The van der Waals surface area contributed by atoms with Crippen molar-refractivity contribution in [2.24, 2.45) is 0 Å². The Morgan fingerprint density at radius 1 is 1.10 bits per heavy atom. The van der Waals surface area contributed by atoms with Crippen LogP contribution in [0.1, 0.15) is 18.5 Å². The first-order chi connectivity index (χ1) is 10.1. The van der Waals surface area contributed by atoms with E-state index in [1.807, 2.05) is 42.5 Å². The van der Waals surface area contributed by atoms with Crippen LogP contribution < -0.4 is 10.1 Å². The number of quaternary nitrogens is 1. The lowest BCUT2D eigenvalue weighted by molar-refractivity contribution is -0.698. The number of aliphatic hydroxyl groups is 1. The van der Waals surface area contributed by atoms with Gasteiger partial charge in [-0.25, -0.2) is 0 Å². The first-order valence-corrected chi connectivity index (χ1v) is 7.89. The predicted octanol–water partition coefficient (Wildman–Crippen LogP) is 2.51. The highest BCUT2D eigenvalue weighted by Crippen LogP contribution is 2.16. The number of aliphatic hydroxyl groups excluding tert-OH is 1. The van der Waals surface area contributed by atoms with Gasteiger partial charge in [-0.05, 0) is 31.2 Å². The van der Waals surface area contributed by atoms with Gasteiger partial charge in [-0.3, -0.25) is 0 Å². The minimum atomic E-state index is -0.486. The van der Waals surface area contributed by atoms with Gasteiger partial charge in [-0.15, -0.1) is 0 Å². The molecule has 0 saturated carbocycles. The lowest BCUT2D eigenvalue weighted by atomic mass is 10.1. The highest BCUT2D eigenvalue weighted by Gasteiger charge is 2.12. The average Bonchev–Trinajstić information content (AvgIpc) is 2.53. The molecular weight excluding hydrogens is 330 g/mol. The quantitative estimate of drug-likeness (QED) is 0.805. The number of hydrogen-bond acceptors (Lipinski definition) is 2. The highest BCUT2D eigenvalue weighted by molar-refractivity contribution is 9.10. The van der Waals surface area contributed by atoms with Crippen molar-refractivity contribution in [3.63, 3.8) is 0 Å². The van der Waals surface area contributed by atoms with E-state index in [9.17, 15) is 5.11 Å². The molecule has 0 aliphatic carbocycles. The van der Waals surface area contributed by atoms with Gasteiger partial charge >= 0.3 is 0 Å². The van der Waals surface area contributed by atoms with E-state index >= 15 is 0 Å². The minimum Gasteiger partial charge on any atom is -0.491 e. The largest absolute Gasteiger partial charge is 0.491 e. The molecule has 21 heavy (non-hydrogen) atoms. The van der Waals surface area contributed by atoms with E-state index in [1.54, 1.807) is 0 Å². The Kier molecular flexibility index (Phi) is 6.23. The second-order valence-corrected chi connectivity index (χ2v) is 6.01. The molecule has 2 aromatic carbocycles. The fourth-order valence-corrected chi connectivity index (χ4v) is 2.31. The third kappa shape index (κ3) is 5.50. The molecule has 2 atom stereocenters. The van der Waals surface area contributed by atoms with Crippen molar-refractivity contribution in [2.45, 2.75) is 19.1 Å². The van der Waals surface area contributed by atoms with Crippen LogP contribution in [-0.4, -0.2) is 24.4 Å². The van der Waals surface area contributed by atoms with Crippen LogP contribution in [0.3, 0.4) is 0 Å². The summed E-state index contributed by atoms with van der Waals surface area (Å²) in [5.74, 6) is 0.772. The topological polar surface area (TPSA) is 46.1 Å². The van der Waals surface area contributed by atoms with Crippen LogP contribution in [-0.2, 0) is 0 Å². The summed E-state index contributed by atoms with van der Waals surface area (Å²) in [6.45, 7) is 3.06. The van der Waals surface area contributed by atoms with Gasteiger partial charge in [-0.1, -0.05) is 46.3 Å². The molecule has 112 valence electrons. The normalized spacial score (nSPS) is 13.7. The van der Waals surface area contributed by atoms with Gasteiger partial charge in [0, 0.05) is 10.0 Å². The van der Waals surface area contributed by atoms with Crippen LogP contribution in [0, 0.1) is 0 Å². The van der Waals surface area contributed by atoms with Crippen LogP contribution in [0.2, 0.25) is 0 Å². The van der Waals surface area contributed by atoms with E-state index in [0.717, 1.165) is 10.2 Å². The molecule has 0 fully saturated rings. The lowest BCUT2D eigenvalue weighted by Gasteiger charge is -2.15. The number of halogens is 1. The van der Waals surface area contributed by atoms with Crippen molar-refractivity contribution in [1.29, 1.82) is 0 Å². The van der Waals surface area contributed by atoms with Gasteiger partial charge in [0.1, 0.15) is 31.0 Å². The number of ether oxygens (including phenoxy) is 1. The molecular formula is C17H21BrNO2+. The van der Waals surface area contributed by atoms with Crippen molar-refractivity contribution in [2.75, 3.05) is 13.2 Å². The molecule has 0 amide bonds. The number of benzene rings is 2. The fraction of sp³-hybridized carbons (Fsp3) is 0.294. The van der Waals surface area contributed by atoms with Crippen LogP contribution in [0.4, 0.5) is 0 Å². The minimum absolute atomic E-state index is 0.305. The van der Waals surface area contributed by atoms with E-state index in [2.05, 4.69) is 40.3 Å². The summed E-state index contributed by atoms with van der Waals surface area (Å²) >= 11 is 3.38. The van der Waals surface area contributed by atoms with Crippen molar-refractivity contribution in [3.8, 4) is 5.75 Å². The van der Waals surface area contributed by atoms with Crippen LogP contribution in [0.15, 0.2) is 59.1 Å². The monoisotopic (exact) mass is 350 g/mol. The smallest absolute Gasteiger partial charge is 0.137 e. The Morgan fingerprint density at radius 2 is 1.76 bits per heavy atom. The summed E-state index contributed by atoms with van der Waals surface area (Å²) in [6, 6.07) is 18.2. The zero-order valence-corrected chi connectivity index (χ0v) is 13.7. The number of hydrogen-bond donors (Lipinski definition) is 2. The molecule has 0 aliphatic rings. The van der Waals surface area contributed by atoms with E-state index in [1.165, 1.54) is 5.56 Å². The Morgan fingerprint density at radius 3 is 2.43 bits per heavy atom. The van der Waals surface area contributed by atoms with E-state index in [4.69, 9.17) is 4.74 Å². The molecule has 0 aromatic heterocycles. The van der Waals surface area contributed by atoms with Gasteiger partial charge in [0.15, 0.2) is 0 Å². The summed E-state index contributed by atoms with van der Waals surface area (Å²) in [4.78, 5) is 0. The first-order valence-electron chi connectivity index (χ1n) is 7.10. The molecule has 0 bridgehead atoms. The second kappa shape index (κ2) is 8.17. The summed E-state index contributed by atoms with van der Waals surface area (Å²) in [6.07, 6.45) is -0.486. The molecule has 3 N–H and O–H groups in total. The predicted molar refractivity (Wildman–Crippen MR) is 87.3 cm³/mol. The Labute approximate surface area is 134 Å². The molecule has 4 heteroatoms. The van der Waals surface area contributed by atoms with Crippen molar-refractivity contribution in [3.05, 3.63) is 64.6 Å². The summed E-state index contributed by atoms with van der Waals surface area (Å²) in [5, 5.41) is 12.1. The summed E-state index contributed by atoms with van der Waals surface area (Å²) in [7, 11) is 0. The standard InChI is InChI=1S/C17H20BrNO2/c1-13(14-5-3-2-4-6-14)19-11-16(20)12-21-17-9-7-15(18)8-10-17/h2-10,13,16,19-20H,11-12H2,1H3/p+1/t13-,16-/m1/s1. The van der Waals surface area contributed by atoms with E-state index in [0.29, 0.717) is 19.2 Å². The molecule has 2 rings (SSSR count). The molecule has 0 spiro atoms. The van der Waals surface area contributed by atoms with Crippen molar-refractivity contribution in [1.82, 2.24) is 0 Å². The first kappa shape index (κ1) is 16.0. The van der Waals surface area contributed by atoms with Crippen LogP contribution >= 0.6 is 15.9 Å².